The van der Waals surface area contributed by atoms with Gasteiger partial charge in [0.15, 0.2) is 0 Å². The lowest BCUT2D eigenvalue weighted by Crippen LogP contribution is -2.31. The lowest BCUT2D eigenvalue weighted by molar-refractivity contribution is -0.132. The van der Waals surface area contributed by atoms with E-state index in [9.17, 15) is 9.59 Å². The molecule has 2 heterocycles. The third kappa shape index (κ3) is 4.03. The first-order chi connectivity index (χ1) is 9.56. The Hall–Kier alpha value is -1.43. The number of amides is 1. The number of likely N-dealkylation sites (tertiary alicyclic amines) is 1. The Kier molecular flexibility index (Phi) is 5.11. The first kappa shape index (κ1) is 15.0. The fraction of sp³-hybridized carbons (Fsp3) is 0.500. The number of pyridine rings is 1. The van der Waals surface area contributed by atoms with Crippen molar-refractivity contribution in [2.24, 2.45) is 0 Å². The molecule has 1 aliphatic rings. The van der Waals surface area contributed by atoms with Crippen LogP contribution in [0, 0.1) is 0 Å². The maximum absolute atomic E-state index is 11.9. The molecule has 1 fully saturated rings. The normalized spacial score (nSPS) is 18.1. The lowest BCUT2D eigenvalue weighted by Gasteiger charge is -2.17. The van der Waals surface area contributed by atoms with Gasteiger partial charge in [-0.3, -0.25) is 4.79 Å². The van der Waals surface area contributed by atoms with Gasteiger partial charge < -0.3 is 14.4 Å². The Morgan fingerprint density at radius 2 is 2.30 bits per heavy atom. The minimum Gasteiger partial charge on any atom is -0.472 e. The van der Waals surface area contributed by atoms with Crippen molar-refractivity contribution >= 4 is 27.6 Å². The van der Waals surface area contributed by atoms with Gasteiger partial charge >= 0.3 is 0 Å². The van der Waals surface area contributed by atoms with E-state index in [2.05, 4.69) is 20.9 Å². The largest absolute Gasteiger partial charge is 0.472 e. The van der Waals surface area contributed by atoms with Crippen LogP contribution < -0.4 is 4.74 Å². The zero-order valence-corrected chi connectivity index (χ0v) is 12.9. The van der Waals surface area contributed by atoms with Crippen LogP contribution in [0.15, 0.2) is 22.8 Å². The summed E-state index contributed by atoms with van der Waals surface area (Å²) in [5.74, 6) is 0.615. The van der Waals surface area contributed by atoms with Crippen molar-refractivity contribution in [2.45, 2.75) is 32.3 Å². The second kappa shape index (κ2) is 6.83. The number of hydrogen-bond donors (Lipinski definition) is 0. The number of rotatable bonds is 5. The van der Waals surface area contributed by atoms with Crippen molar-refractivity contribution < 1.29 is 14.3 Å². The van der Waals surface area contributed by atoms with E-state index in [0.29, 0.717) is 25.4 Å². The molecule has 0 spiro atoms. The minimum absolute atomic E-state index is 0.0198. The zero-order valence-electron chi connectivity index (χ0n) is 11.3. The summed E-state index contributed by atoms with van der Waals surface area (Å²) in [5, 5.41) is 0. The molecule has 0 aliphatic carbocycles. The molecule has 2 rings (SSSR count). The number of carbonyl (C=O) groups excluding carboxylic acids is 2. The molecule has 1 atom stereocenters. The Bertz CT molecular complexity index is 507. The van der Waals surface area contributed by atoms with E-state index in [0.717, 1.165) is 10.9 Å². The molecular formula is C14H17BrN2O3. The Morgan fingerprint density at radius 1 is 1.50 bits per heavy atom. The zero-order chi connectivity index (χ0) is 14.5. The molecule has 1 aromatic rings. The van der Waals surface area contributed by atoms with Crippen LogP contribution in [0.4, 0.5) is 0 Å². The quantitative estimate of drug-likeness (QED) is 0.824. The van der Waals surface area contributed by atoms with Crippen LogP contribution in [0.3, 0.4) is 0 Å². The monoisotopic (exact) mass is 340 g/mol. The number of ether oxygens (including phenoxy) is 1. The highest BCUT2D eigenvalue weighted by Crippen LogP contribution is 2.24. The van der Waals surface area contributed by atoms with Crippen LogP contribution in [0.2, 0.25) is 0 Å². The molecule has 0 bridgehead atoms. The summed E-state index contributed by atoms with van der Waals surface area (Å²) in [4.78, 5) is 28.7. The number of halogens is 1. The third-order valence-corrected chi connectivity index (χ3v) is 3.80. The van der Waals surface area contributed by atoms with Gasteiger partial charge in [-0.15, -0.1) is 0 Å². The number of ketones is 1. The number of carbonyl (C=O) groups is 2. The van der Waals surface area contributed by atoms with Gasteiger partial charge in [0, 0.05) is 32.0 Å². The van der Waals surface area contributed by atoms with Crippen molar-refractivity contribution in [1.29, 1.82) is 0 Å². The molecule has 0 N–H and O–H groups in total. The molecule has 1 aromatic heterocycles. The summed E-state index contributed by atoms with van der Waals surface area (Å²) in [7, 11) is 0. The highest BCUT2D eigenvalue weighted by molar-refractivity contribution is 9.10. The van der Waals surface area contributed by atoms with Crippen molar-refractivity contribution in [1.82, 2.24) is 9.88 Å². The first-order valence-corrected chi connectivity index (χ1v) is 7.40. The highest BCUT2D eigenvalue weighted by atomic mass is 79.9. The first-order valence-electron chi connectivity index (χ1n) is 6.60. The van der Waals surface area contributed by atoms with Gasteiger partial charge in [0.1, 0.15) is 11.9 Å². The van der Waals surface area contributed by atoms with E-state index in [-0.39, 0.29) is 24.2 Å². The SMILES string of the molecule is CC(=O)CCC(=O)N1CCC(Oc2ncccc2Br)C1. The topological polar surface area (TPSA) is 59.5 Å². The summed E-state index contributed by atoms with van der Waals surface area (Å²) >= 11 is 3.38. The molecule has 5 nitrogen and oxygen atoms in total. The van der Waals surface area contributed by atoms with Crippen molar-refractivity contribution in [3.8, 4) is 5.88 Å². The predicted octanol–water partition coefficient (Wildman–Crippen LogP) is 2.19. The van der Waals surface area contributed by atoms with Crippen LogP contribution in [-0.2, 0) is 9.59 Å². The van der Waals surface area contributed by atoms with E-state index >= 15 is 0 Å². The number of aromatic nitrogens is 1. The van der Waals surface area contributed by atoms with Crippen LogP contribution in [0.5, 0.6) is 5.88 Å². The van der Waals surface area contributed by atoms with Gasteiger partial charge in [-0.25, -0.2) is 4.98 Å². The Labute approximate surface area is 126 Å². The number of hydrogen-bond acceptors (Lipinski definition) is 4. The van der Waals surface area contributed by atoms with Crippen LogP contribution in [-0.4, -0.2) is 40.8 Å². The maximum Gasteiger partial charge on any atom is 0.228 e. The van der Waals surface area contributed by atoms with Gasteiger partial charge in [0.25, 0.3) is 0 Å². The van der Waals surface area contributed by atoms with E-state index in [4.69, 9.17) is 4.74 Å². The summed E-state index contributed by atoms with van der Waals surface area (Å²) in [6, 6.07) is 3.69. The van der Waals surface area contributed by atoms with Crippen LogP contribution in [0.1, 0.15) is 26.2 Å². The summed E-state index contributed by atoms with van der Waals surface area (Å²) in [5.41, 5.74) is 0. The van der Waals surface area contributed by atoms with Gasteiger partial charge in [-0.05, 0) is 35.0 Å². The Balaban J connectivity index is 1.85. The number of Topliss-reactive ketones (excluding diaryl/α,β-unsaturated/α-hetero) is 1. The Morgan fingerprint density at radius 3 is 3.00 bits per heavy atom. The summed E-state index contributed by atoms with van der Waals surface area (Å²) in [6.45, 7) is 2.73. The van der Waals surface area contributed by atoms with Gasteiger partial charge in [0.05, 0.1) is 11.0 Å². The van der Waals surface area contributed by atoms with E-state index < -0.39 is 0 Å². The summed E-state index contributed by atoms with van der Waals surface area (Å²) in [6.07, 6.45) is 3.02. The molecule has 1 aliphatic heterocycles. The molecule has 1 unspecified atom stereocenters. The molecule has 108 valence electrons. The average molecular weight is 341 g/mol. The fourth-order valence-corrected chi connectivity index (χ4v) is 2.46. The minimum atomic E-state index is -0.0394. The van der Waals surface area contributed by atoms with Crippen molar-refractivity contribution in [2.75, 3.05) is 13.1 Å². The number of nitrogens with zero attached hydrogens (tertiary/aromatic N) is 2. The molecule has 6 heteroatoms. The smallest absolute Gasteiger partial charge is 0.228 e. The van der Waals surface area contributed by atoms with E-state index in [1.807, 2.05) is 12.1 Å². The average Bonchev–Trinajstić information content (AvgIpc) is 2.87. The van der Waals surface area contributed by atoms with Crippen molar-refractivity contribution in [3.63, 3.8) is 0 Å². The summed E-state index contributed by atoms with van der Waals surface area (Å²) < 4.78 is 6.60. The molecule has 0 radical (unpaired) electrons. The highest BCUT2D eigenvalue weighted by Gasteiger charge is 2.28. The van der Waals surface area contributed by atoms with Crippen molar-refractivity contribution in [3.05, 3.63) is 22.8 Å². The molecule has 0 saturated carbocycles. The molecular weight excluding hydrogens is 324 g/mol. The van der Waals surface area contributed by atoms with E-state index in [1.165, 1.54) is 6.92 Å². The molecule has 0 aromatic carbocycles. The van der Waals surface area contributed by atoms with Crippen LogP contribution in [0.25, 0.3) is 0 Å². The second-order valence-electron chi connectivity index (χ2n) is 4.86. The van der Waals surface area contributed by atoms with Gasteiger partial charge in [0.2, 0.25) is 11.8 Å². The van der Waals surface area contributed by atoms with Gasteiger partial charge in [-0.2, -0.15) is 0 Å². The third-order valence-electron chi connectivity index (χ3n) is 3.19. The fourth-order valence-electron chi connectivity index (χ4n) is 2.11. The predicted molar refractivity (Wildman–Crippen MR) is 77.5 cm³/mol. The second-order valence-corrected chi connectivity index (χ2v) is 5.72. The lowest BCUT2D eigenvalue weighted by atomic mass is 10.2. The maximum atomic E-state index is 11.9. The van der Waals surface area contributed by atoms with Crippen LogP contribution >= 0.6 is 15.9 Å². The van der Waals surface area contributed by atoms with E-state index in [1.54, 1.807) is 11.1 Å². The molecule has 20 heavy (non-hydrogen) atoms. The molecule has 1 amide bonds. The molecule has 1 saturated heterocycles. The van der Waals surface area contributed by atoms with Gasteiger partial charge in [-0.1, -0.05) is 0 Å². The standard InChI is InChI=1S/C14H17BrN2O3/c1-10(18)4-5-13(19)17-8-6-11(9-17)20-14-12(15)3-2-7-16-14/h2-3,7,11H,4-6,8-9H2,1H3.